The van der Waals surface area contributed by atoms with Crippen molar-refractivity contribution in [3.05, 3.63) is 17.5 Å². The van der Waals surface area contributed by atoms with E-state index in [0.717, 1.165) is 31.7 Å². The lowest BCUT2D eigenvalue weighted by Gasteiger charge is -2.07. The van der Waals surface area contributed by atoms with E-state index < -0.39 is 0 Å². The molecule has 102 valence electrons. The first-order valence-electron chi connectivity index (χ1n) is 6.54. The normalized spacial score (nSPS) is 12.2. The third kappa shape index (κ3) is 5.21. The number of nitrogens with zero attached hydrogens (tertiary/aromatic N) is 3. The van der Waals surface area contributed by atoms with E-state index in [4.69, 9.17) is 5.73 Å². The highest BCUT2D eigenvalue weighted by Gasteiger charge is 2.00. The number of guanidine groups is 1. The van der Waals surface area contributed by atoms with Gasteiger partial charge in [-0.1, -0.05) is 13.8 Å². The Labute approximate surface area is 109 Å². The van der Waals surface area contributed by atoms with Crippen LogP contribution in [0.3, 0.4) is 0 Å². The molecule has 0 unspecified atom stereocenters. The fraction of sp³-hybridized carbons (Fsp3) is 0.692. The van der Waals surface area contributed by atoms with E-state index in [9.17, 15) is 0 Å². The molecule has 0 saturated heterocycles. The van der Waals surface area contributed by atoms with Gasteiger partial charge in [-0.2, -0.15) is 5.10 Å². The van der Waals surface area contributed by atoms with E-state index >= 15 is 0 Å². The van der Waals surface area contributed by atoms with Gasteiger partial charge in [0.1, 0.15) is 0 Å². The van der Waals surface area contributed by atoms with Gasteiger partial charge < -0.3 is 11.1 Å². The molecule has 0 aromatic carbocycles. The Balaban J connectivity index is 2.22. The molecule has 0 fully saturated rings. The van der Waals surface area contributed by atoms with Gasteiger partial charge in [0.25, 0.3) is 0 Å². The van der Waals surface area contributed by atoms with Crippen LogP contribution in [-0.2, 0) is 6.54 Å². The summed E-state index contributed by atoms with van der Waals surface area (Å²) in [6, 6.07) is 2.09. The first-order chi connectivity index (χ1) is 8.49. The van der Waals surface area contributed by atoms with Crippen LogP contribution in [0.25, 0.3) is 0 Å². The molecule has 1 rings (SSSR count). The zero-order valence-electron chi connectivity index (χ0n) is 11.9. The van der Waals surface area contributed by atoms with Crippen molar-refractivity contribution in [1.29, 1.82) is 0 Å². The van der Waals surface area contributed by atoms with Crippen LogP contribution in [0, 0.1) is 19.8 Å². The highest BCUT2D eigenvalue weighted by Crippen LogP contribution is 2.02. The smallest absolute Gasteiger partial charge is 0.188 e. The van der Waals surface area contributed by atoms with Crippen LogP contribution in [-0.4, -0.2) is 28.8 Å². The van der Waals surface area contributed by atoms with Crippen molar-refractivity contribution in [1.82, 2.24) is 15.1 Å². The van der Waals surface area contributed by atoms with Crippen LogP contribution < -0.4 is 11.1 Å². The van der Waals surface area contributed by atoms with Crippen LogP contribution in [0.4, 0.5) is 0 Å². The van der Waals surface area contributed by atoms with E-state index in [1.54, 1.807) is 0 Å². The summed E-state index contributed by atoms with van der Waals surface area (Å²) in [5.74, 6) is 1.08. The predicted molar refractivity (Wildman–Crippen MR) is 75.6 cm³/mol. The summed E-state index contributed by atoms with van der Waals surface area (Å²) in [6.07, 6.45) is 0.986. The van der Waals surface area contributed by atoms with E-state index in [2.05, 4.69) is 42.2 Å². The topological polar surface area (TPSA) is 68.2 Å². The first kappa shape index (κ1) is 14.5. The van der Waals surface area contributed by atoms with Gasteiger partial charge in [-0.25, -0.2) is 0 Å². The molecular formula is C13H25N5. The fourth-order valence-corrected chi connectivity index (χ4v) is 1.68. The lowest BCUT2D eigenvalue weighted by molar-refractivity contribution is 0.556. The Morgan fingerprint density at radius 1 is 1.50 bits per heavy atom. The molecule has 1 aromatic rings. The van der Waals surface area contributed by atoms with Gasteiger partial charge >= 0.3 is 0 Å². The summed E-state index contributed by atoms with van der Waals surface area (Å²) in [5, 5.41) is 7.53. The summed E-state index contributed by atoms with van der Waals surface area (Å²) in [6.45, 7) is 10.8. The molecule has 1 heterocycles. The van der Waals surface area contributed by atoms with Crippen LogP contribution >= 0.6 is 0 Å². The van der Waals surface area contributed by atoms with Gasteiger partial charge in [0, 0.05) is 25.3 Å². The maximum Gasteiger partial charge on any atom is 0.188 e. The number of aryl methyl sites for hydroxylation is 3. The lowest BCUT2D eigenvalue weighted by atomic mass is 10.2. The number of rotatable bonds is 6. The second kappa shape index (κ2) is 7.03. The lowest BCUT2D eigenvalue weighted by Crippen LogP contribution is -2.33. The second-order valence-electron chi connectivity index (χ2n) is 5.05. The van der Waals surface area contributed by atoms with Crippen LogP contribution in [0.2, 0.25) is 0 Å². The number of aromatic nitrogens is 2. The summed E-state index contributed by atoms with van der Waals surface area (Å²) < 4.78 is 2.03. The molecule has 0 bridgehead atoms. The Kier molecular flexibility index (Phi) is 5.68. The predicted octanol–water partition coefficient (Wildman–Crippen LogP) is 1.45. The van der Waals surface area contributed by atoms with E-state index in [0.29, 0.717) is 11.9 Å². The molecule has 0 spiro atoms. The summed E-state index contributed by atoms with van der Waals surface area (Å²) in [5.41, 5.74) is 8.02. The maximum atomic E-state index is 5.75. The zero-order chi connectivity index (χ0) is 13.5. The maximum absolute atomic E-state index is 5.75. The minimum atomic E-state index is 0.539. The Bertz CT molecular complexity index is 392. The van der Waals surface area contributed by atoms with Gasteiger partial charge in [0.05, 0.1) is 5.69 Å². The molecular weight excluding hydrogens is 226 g/mol. The molecule has 5 nitrogen and oxygen atoms in total. The second-order valence-corrected chi connectivity index (χ2v) is 5.05. The fourth-order valence-electron chi connectivity index (χ4n) is 1.68. The van der Waals surface area contributed by atoms with Gasteiger partial charge in [-0.3, -0.25) is 9.67 Å². The molecule has 0 aliphatic carbocycles. The van der Waals surface area contributed by atoms with Crippen LogP contribution in [0.15, 0.2) is 11.1 Å². The van der Waals surface area contributed by atoms with E-state index in [1.165, 1.54) is 5.69 Å². The molecule has 3 N–H and O–H groups in total. The monoisotopic (exact) mass is 251 g/mol. The molecule has 18 heavy (non-hydrogen) atoms. The SMILES string of the molecule is Cc1cc(C)n(CCCNC(N)=NCC(C)C)n1. The summed E-state index contributed by atoms with van der Waals surface area (Å²) in [7, 11) is 0. The molecule has 0 aliphatic heterocycles. The summed E-state index contributed by atoms with van der Waals surface area (Å²) in [4.78, 5) is 4.25. The quantitative estimate of drug-likeness (QED) is 0.457. The first-order valence-corrected chi connectivity index (χ1v) is 6.54. The standard InChI is InChI=1S/C13H25N5/c1-10(2)9-16-13(14)15-6-5-7-18-12(4)8-11(3)17-18/h8,10H,5-7,9H2,1-4H3,(H3,14,15,16). The Morgan fingerprint density at radius 3 is 2.78 bits per heavy atom. The molecule has 0 amide bonds. The molecule has 5 heteroatoms. The number of aliphatic imine (C=N–C) groups is 1. The van der Waals surface area contributed by atoms with Crippen LogP contribution in [0.5, 0.6) is 0 Å². The van der Waals surface area contributed by atoms with Crippen LogP contribution in [0.1, 0.15) is 31.7 Å². The highest BCUT2D eigenvalue weighted by atomic mass is 15.3. The largest absolute Gasteiger partial charge is 0.370 e. The summed E-state index contributed by atoms with van der Waals surface area (Å²) >= 11 is 0. The van der Waals surface area contributed by atoms with Crippen molar-refractivity contribution in [2.45, 2.75) is 40.7 Å². The minimum Gasteiger partial charge on any atom is -0.370 e. The Morgan fingerprint density at radius 2 is 2.22 bits per heavy atom. The molecule has 0 saturated carbocycles. The number of nitrogens with two attached hydrogens (primary N) is 1. The molecule has 0 atom stereocenters. The van der Waals surface area contributed by atoms with Gasteiger partial charge in [-0.15, -0.1) is 0 Å². The average Bonchev–Trinajstić information content (AvgIpc) is 2.60. The van der Waals surface area contributed by atoms with Crippen molar-refractivity contribution in [3.63, 3.8) is 0 Å². The van der Waals surface area contributed by atoms with Crippen molar-refractivity contribution in [3.8, 4) is 0 Å². The third-order valence-corrected chi connectivity index (χ3v) is 2.58. The van der Waals surface area contributed by atoms with Crippen molar-refractivity contribution in [2.75, 3.05) is 13.1 Å². The highest BCUT2D eigenvalue weighted by molar-refractivity contribution is 5.77. The van der Waals surface area contributed by atoms with Gasteiger partial charge in [0.2, 0.25) is 0 Å². The van der Waals surface area contributed by atoms with Crippen molar-refractivity contribution < 1.29 is 0 Å². The number of hydrogen-bond donors (Lipinski definition) is 2. The zero-order valence-corrected chi connectivity index (χ0v) is 11.9. The van der Waals surface area contributed by atoms with E-state index in [-0.39, 0.29) is 0 Å². The average molecular weight is 251 g/mol. The third-order valence-electron chi connectivity index (χ3n) is 2.58. The van der Waals surface area contributed by atoms with E-state index in [1.807, 2.05) is 11.6 Å². The minimum absolute atomic E-state index is 0.539. The van der Waals surface area contributed by atoms with Crippen molar-refractivity contribution >= 4 is 5.96 Å². The molecule has 1 aromatic heterocycles. The van der Waals surface area contributed by atoms with Crippen molar-refractivity contribution in [2.24, 2.45) is 16.6 Å². The van der Waals surface area contributed by atoms with Gasteiger partial charge in [0.15, 0.2) is 5.96 Å². The molecule has 0 aliphatic rings. The van der Waals surface area contributed by atoms with Gasteiger partial charge in [-0.05, 0) is 32.3 Å². The molecule has 0 radical (unpaired) electrons. The number of hydrogen-bond acceptors (Lipinski definition) is 2. The number of nitrogens with one attached hydrogen (secondary N) is 1. The Hall–Kier alpha value is -1.52.